The predicted octanol–water partition coefficient (Wildman–Crippen LogP) is 2.76. The Morgan fingerprint density at radius 1 is 1.07 bits per heavy atom. The van der Waals surface area contributed by atoms with Crippen LogP contribution >= 0.6 is 0 Å². The van der Waals surface area contributed by atoms with E-state index >= 15 is 0 Å². The van der Waals surface area contributed by atoms with Gasteiger partial charge in [0.1, 0.15) is 0 Å². The number of hydrogen-bond donors (Lipinski definition) is 0. The molecular formula is C20H24N4O4S. The fourth-order valence-electron chi connectivity index (χ4n) is 3.38. The highest BCUT2D eigenvalue weighted by Crippen LogP contribution is 2.30. The molecule has 0 N–H and O–H groups in total. The smallest absolute Gasteiger partial charge is 0.276 e. The highest BCUT2D eigenvalue weighted by Gasteiger charge is 2.31. The summed E-state index contributed by atoms with van der Waals surface area (Å²) in [6.45, 7) is 8.54. The fourth-order valence-corrected chi connectivity index (χ4v) is 4.71. The van der Waals surface area contributed by atoms with Gasteiger partial charge in [-0.1, -0.05) is 11.2 Å². The summed E-state index contributed by atoms with van der Waals surface area (Å²) in [5, 5.41) is 3.82. The molecule has 0 unspecified atom stereocenters. The van der Waals surface area contributed by atoms with Crippen molar-refractivity contribution in [2.45, 2.75) is 32.4 Å². The van der Waals surface area contributed by atoms with Gasteiger partial charge in [-0.05, 0) is 44.5 Å². The second-order valence-corrected chi connectivity index (χ2v) is 9.16. The van der Waals surface area contributed by atoms with Crippen LogP contribution in [0.1, 0.15) is 22.5 Å². The van der Waals surface area contributed by atoms with Gasteiger partial charge in [0.15, 0.2) is 5.76 Å². The lowest BCUT2D eigenvalue weighted by atomic mass is 10.2. The van der Waals surface area contributed by atoms with Crippen molar-refractivity contribution in [2.24, 2.45) is 0 Å². The lowest BCUT2D eigenvalue weighted by Gasteiger charge is -2.33. The number of nitrogens with zero attached hydrogens (tertiary/aromatic N) is 4. The standard InChI is InChI=1S/C20H24N4O4S/c1-14-5-4-8-21-17(14)13-23-9-11-24(12-10-23)29(25,26)19-7-6-18(27-19)20-15(2)16(3)22-28-20/h4-8H,9-13H2,1-3H3. The van der Waals surface area contributed by atoms with Gasteiger partial charge in [-0.15, -0.1) is 0 Å². The minimum absolute atomic E-state index is 0.0741. The lowest BCUT2D eigenvalue weighted by molar-refractivity contribution is 0.178. The van der Waals surface area contributed by atoms with Crippen LogP contribution in [0.5, 0.6) is 0 Å². The molecule has 3 aromatic heterocycles. The predicted molar refractivity (Wildman–Crippen MR) is 107 cm³/mol. The minimum atomic E-state index is -3.70. The van der Waals surface area contributed by atoms with Crippen LogP contribution in [0.3, 0.4) is 0 Å². The summed E-state index contributed by atoms with van der Waals surface area (Å²) in [4.78, 5) is 6.64. The zero-order valence-corrected chi connectivity index (χ0v) is 17.6. The Morgan fingerprint density at radius 2 is 1.83 bits per heavy atom. The van der Waals surface area contributed by atoms with Crippen molar-refractivity contribution in [3.05, 3.63) is 53.0 Å². The Balaban J connectivity index is 1.44. The van der Waals surface area contributed by atoms with E-state index in [1.165, 1.54) is 10.4 Å². The quantitative estimate of drug-likeness (QED) is 0.631. The molecule has 0 radical (unpaired) electrons. The number of aromatic nitrogens is 2. The lowest BCUT2D eigenvalue weighted by Crippen LogP contribution is -2.48. The van der Waals surface area contributed by atoms with Gasteiger partial charge in [0.05, 0.1) is 11.4 Å². The third kappa shape index (κ3) is 3.85. The van der Waals surface area contributed by atoms with Crippen molar-refractivity contribution in [2.75, 3.05) is 26.2 Å². The van der Waals surface area contributed by atoms with Gasteiger partial charge in [0.25, 0.3) is 10.0 Å². The van der Waals surface area contributed by atoms with Gasteiger partial charge in [-0.2, -0.15) is 4.31 Å². The summed E-state index contributed by atoms with van der Waals surface area (Å²) in [6.07, 6.45) is 1.79. The summed E-state index contributed by atoms with van der Waals surface area (Å²) in [7, 11) is -3.70. The number of aryl methyl sites for hydroxylation is 2. The first-order valence-corrected chi connectivity index (χ1v) is 11.0. The summed E-state index contributed by atoms with van der Waals surface area (Å²) < 4.78 is 38.4. The van der Waals surface area contributed by atoms with Crippen LogP contribution in [-0.2, 0) is 16.6 Å². The number of hydrogen-bond acceptors (Lipinski definition) is 7. The summed E-state index contributed by atoms with van der Waals surface area (Å²) in [6, 6.07) is 7.05. The molecule has 1 fully saturated rings. The zero-order chi connectivity index (χ0) is 20.6. The van der Waals surface area contributed by atoms with Crippen LogP contribution < -0.4 is 0 Å². The molecule has 0 saturated carbocycles. The summed E-state index contributed by atoms with van der Waals surface area (Å²) in [5.41, 5.74) is 3.75. The first kappa shape index (κ1) is 19.8. The largest absolute Gasteiger partial charge is 0.440 e. The maximum absolute atomic E-state index is 13.0. The normalized spacial score (nSPS) is 16.4. The van der Waals surface area contributed by atoms with Gasteiger partial charge in [0, 0.05) is 44.5 Å². The molecule has 4 heterocycles. The molecule has 154 valence electrons. The Kier molecular flexibility index (Phi) is 5.28. The fraction of sp³-hybridized carbons (Fsp3) is 0.400. The molecule has 4 rings (SSSR count). The Morgan fingerprint density at radius 3 is 2.48 bits per heavy atom. The van der Waals surface area contributed by atoms with E-state index in [9.17, 15) is 8.42 Å². The maximum Gasteiger partial charge on any atom is 0.276 e. The van der Waals surface area contributed by atoms with Gasteiger partial charge >= 0.3 is 0 Å². The molecule has 3 aromatic rings. The van der Waals surface area contributed by atoms with Crippen LogP contribution in [0.4, 0.5) is 0 Å². The summed E-state index contributed by atoms with van der Waals surface area (Å²) in [5.74, 6) is 0.824. The van der Waals surface area contributed by atoms with Crippen LogP contribution in [-0.4, -0.2) is 53.9 Å². The van der Waals surface area contributed by atoms with Crippen molar-refractivity contribution in [3.8, 4) is 11.5 Å². The molecule has 0 amide bonds. The van der Waals surface area contributed by atoms with Crippen LogP contribution in [0, 0.1) is 20.8 Å². The second-order valence-electron chi connectivity index (χ2n) is 7.29. The van der Waals surface area contributed by atoms with E-state index in [-0.39, 0.29) is 5.09 Å². The van der Waals surface area contributed by atoms with Gasteiger partial charge in [0.2, 0.25) is 10.9 Å². The Labute approximate surface area is 170 Å². The number of piperazine rings is 1. The van der Waals surface area contributed by atoms with Crippen molar-refractivity contribution in [1.29, 1.82) is 0 Å². The monoisotopic (exact) mass is 416 g/mol. The number of pyridine rings is 1. The topological polar surface area (TPSA) is 92.7 Å². The van der Waals surface area contributed by atoms with Crippen molar-refractivity contribution < 1.29 is 17.4 Å². The third-order valence-corrected chi connectivity index (χ3v) is 7.15. The van der Waals surface area contributed by atoms with Gasteiger partial charge in [-0.3, -0.25) is 9.88 Å². The third-order valence-electron chi connectivity index (χ3n) is 5.38. The average molecular weight is 417 g/mol. The highest BCUT2D eigenvalue weighted by molar-refractivity contribution is 7.89. The van der Waals surface area contributed by atoms with E-state index in [0.717, 1.165) is 29.1 Å². The van der Waals surface area contributed by atoms with E-state index in [1.54, 1.807) is 12.3 Å². The van der Waals surface area contributed by atoms with E-state index in [1.807, 2.05) is 32.9 Å². The van der Waals surface area contributed by atoms with Crippen molar-refractivity contribution in [1.82, 2.24) is 19.3 Å². The summed E-state index contributed by atoms with van der Waals surface area (Å²) >= 11 is 0. The van der Waals surface area contributed by atoms with Crippen LogP contribution in [0.2, 0.25) is 0 Å². The molecule has 9 heteroatoms. The zero-order valence-electron chi connectivity index (χ0n) is 16.8. The van der Waals surface area contributed by atoms with E-state index < -0.39 is 10.0 Å². The van der Waals surface area contributed by atoms with Gasteiger partial charge < -0.3 is 8.94 Å². The molecule has 0 bridgehead atoms. The molecule has 1 saturated heterocycles. The Bertz CT molecular complexity index is 1110. The molecular weight excluding hydrogens is 392 g/mol. The van der Waals surface area contributed by atoms with Crippen molar-refractivity contribution >= 4 is 10.0 Å². The van der Waals surface area contributed by atoms with E-state index in [2.05, 4.69) is 15.0 Å². The second kappa shape index (κ2) is 7.74. The first-order chi connectivity index (χ1) is 13.9. The first-order valence-electron chi connectivity index (χ1n) is 9.52. The number of sulfonamides is 1. The molecule has 0 spiro atoms. The molecule has 0 atom stereocenters. The van der Waals surface area contributed by atoms with Gasteiger partial charge in [-0.25, -0.2) is 8.42 Å². The molecule has 1 aliphatic heterocycles. The van der Waals surface area contributed by atoms with Crippen molar-refractivity contribution in [3.63, 3.8) is 0 Å². The minimum Gasteiger partial charge on any atom is -0.440 e. The van der Waals surface area contributed by atoms with E-state index in [0.29, 0.717) is 37.7 Å². The molecule has 8 nitrogen and oxygen atoms in total. The Hall–Kier alpha value is -2.49. The average Bonchev–Trinajstić information content (AvgIpc) is 3.32. The SMILES string of the molecule is Cc1cccnc1CN1CCN(S(=O)(=O)c2ccc(-c3onc(C)c3C)o2)CC1. The molecule has 0 aromatic carbocycles. The molecule has 0 aliphatic carbocycles. The number of rotatable bonds is 5. The molecule has 29 heavy (non-hydrogen) atoms. The highest BCUT2D eigenvalue weighted by atomic mass is 32.2. The van der Waals surface area contributed by atoms with E-state index in [4.69, 9.17) is 8.94 Å². The van der Waals surface area contributed by atoms with Crippen LogP contribution in [0.25, 0.3) is 11.5 Å². The van der Waals surface area contributed by atoms with Crippen LogP contribution in [0.15, 0.2) is 44.5 Å². The number of furan rings is 1. The molecule has 1 aliphatic rings. The maximum atomic E-state index is 13.0.